The van der Waals surface area contributed by atoms with E-state index in [4.69, 9.17) is 10.5 Å². The molecule has 0 radical (unpaired) electrons. The van der Waals surface area contributed by atoms with Gasteiger partial charge in [-0.2, -0.15) is 13.2 Å². The maximum Gasteiger partial charge on any atom is 0.422 e. The summed E-state index contributed by atoms with van der Waals surface area (Å²) in [5.74, 6) is 0.0141. The number of ether oxygens (including phenoxy) is 1. The van der Waals surface area contributed by atoms with Crippen molar-refractivity contribution in [2.75, 3.05) is 13.7 Å². The van der Waals surface area contributed by atoms with Gasteiger partial charge in [-0.05, 0) is 25.0 Å². The van der Waals surface area contributed by atoms with Crippen LogP contribution in [0.3, 0.4) is 0 Å². The maximum absolute atomic E-state index is 13.0. The van der Waals surface area contributed by atoms with Gasteiger partial charge in [-0.25, -0.2) is 0 Å². The summed E-state index contributed by atoms with van der Waals surface area (Å²) >= 11 is 0. The number of aryl methyl sites for hydroxylation is 1. The van der Waals surface area contributed by atoms with Gasteiger partial charge in [0, 0.05) is 12.1 Å². The number of alkyl halides is 3. The Morgan fingerprint density at radius 2 is 1.83 bits per heavy atom. The van der Waals surface area contributed by atoms with Crippen LogP contribution in [0.1, 0.15) is 16.7 Å². The topological polar surface area (TPSA) is 55.5 Å². The van der Waals surface area contributed by atoms with Crippen LogP contribution >= 0.6 is 0 Å². The van der Waals surface area contributed by atoms with E-state index < -0.39 is 18.3 Å². The Morgan fingerprint density at radius 1 is 1.28 bits per heavy atom. The number of nitrogens with two attached hydrogens (primary N) is 1. The van der Waals surface area contributed by atoms with E-state index in [0.717, 1.165) is 5.56 Å². The average Bonchev–Trinajstić information content (AvgIpc) is 2.29. The maximum atomic E-state index is 13.0. The summed E-state index contributed by atoms with van der Waals surface area (Å²) in [6.07, 6.45) is -4.86. The van der Waals surface area contributed by atoms with E-state index in [1.54, 1.807) is 13.8 Å². The molecule has 0 fully saturated rings. The molecule has 1 rings (SSSR count). The van der Waals surface area contributed by atoms with Crippen molar-refractivity contribution in [2.24, 2.45) is 5.73 Å². The highest BCUT2D eigenvalue weighted by molar-refractivity contribution is 5.48. The number of aliphatic hydroxyl groups is 1. The fourth-order valence-corrected chi connectivity index (χ4v) is 1.76. The van der Waals surface area contributed by atoms with Crippen molar-refractivity contribution in [2.45, 2.75) is 25.6 Å². The fourth-order valence-electron chi connectivity index (χ4n) is 1.76. The molecule has 6 heteroatoms. The van der Waals surface area contributed by atoms with E-state index in [1.807, 2.05) is 0 Å². The number of benzene rings is 1. The third-order valence-corrected chi connectivity index (χ3v) is 3.09. The monoisotopic (exact) mass is 263 g/mol. The molecule has 0 amide bonds. The van der Waals surface area contributed by atoms with E-state index >= 15 is 0 Å². The molecule has 1 aromatic carbocycles. The Labute approximate surface area is 103 Å². The van der Waals surface area contributed by atoms with Gasteiger partial charge in [-0.1, -0.05) is 12.1 Å². The third-order valence-electron chi connectivity index (χ3n) is 3.09. The second-order valence-electron chi connectivity index (χ2n) is 4.15. The Bertz CT molecular complexity index is 446. The van der Waals surface area contributed by atoms with Crippen molar-refractivity contribution in [1.29, 1.82) is 0 Å². The molecule has 3 N–H and O–H groups in total. The van der Waals surface area contributed by atoms with E-state index in [0.29, 0.717) is 5.56 Å². The molecule has 0 bridgehead atoms. The SMILES string of the molecule is COc1c(C(O)(CN)C(F)(F)F)ccc(C)c1C. The van der Waals surface area contributed by atoms with Gasteiger partial charge in [0.25, 0.3) is 0 Å². The first-order valence-corrected chi connectivity index (χ1v) is 5.33. The van der Waals surface area contributed by atoms with Crippen molar-refractivity contribution in [1.82, 2.24) is 0 Å². The second-order valence-corrected chi connectivity index (χ2v) is 4.15. The first kappa shape index (κ1) is 14.8. The molecule has 0 spiro atoms. The molecule has 18 heavy (non-hydrogen) atoms. The molecule has 0 saturated carbocycles. The summed E-state index contributed by atoms with van der Waals surface area (Å²) < 4.78 is 43.8. The van der Waals surface area contributed by atoms with Gasteiger partial charge in [0.1, 0.15) is 5.75 Å². The van der Waals surface area contributed by atoms with Crippen molar-refractivity contribution in [3.8, 4) is 5.75 Å². The summed E-state index contributed by atoms with van der Waals surface area (Å²) in [6, 6.07) is 2.70. The molecule has 3 nitrogen and oxygen atoms in total. The van der Waals surface area contributed by atoms with Gasteiger partial charge in [0.05, 0.1) is 7.11 Å². The molecule has 1 atom stereocenters. The molecule has 1 unspecified atom stereocenters. The fraction of sp³-hybridized carbons (Fsp3) is 0.500. The minimum absolute atomic E-state index is 0.0141. The molecule has 0 aliphatic rings. The Balaban J connectivity index is 3.54. The molecular weight excluding hydrogens is 247 g/mol. The van der Waals surface area contributed by atoms with Crippen molar-refractivity contribution in [3.05, 3.63) is 28.8 Å². The summed E-state index contributed by atoms with van der Waals surface area (Å²) in [5, 5.41) is 9.83. The zero-order valence-electron chi connectivity index (χ0n) is 10.4. The largest absolute Gasteiger partial charge is 0.496 e. The highest BCUT2D eigenvalue weighted by Crippen LogP contribution is 2.43. The zero-order chi connectivity index (χ0) is 14.1. The standard InChI is InChI=1S/C12H16F3NO2/c1-7-4-5-9(10(18-3)8(7)2)11(17,6-16)12(13,14)15/h4-5,17H,6,16H2,1-3H3. The summed E-state index contributed by atoms with van der Waals surface area (Å²) in [6.45, 7) is 2.41. The molecule has 0 aliphatic heterocycles. The first-order valence-electron chi connectivity index (χ1n) is 5.33. The van der Waals surface area contributed by atoms with Gasteiger partial charge in [0.2, 0.25) is 5.60 Å². The van der Waals surface area contributed by atoms with Crippen LogP contribution in [-0.4, -0.2) is 24.9 Å². The molecule has 0 saturated heterocycles. The van der Waals surface area contributed by atoms with Crippen molar-refractivity contribution in [3.63, 3.8) is 0 Å². The normalized spacial score (nSPS) is 15.3. The van der Waals surface area contributed by atoms with Gasteiger partial charge >= 0.3 is 6.18 Å². The van der Waals surface area contributed by atoms with E-state index in [1.165, 1.54) is 19.2 Å². The minimum Gasteiger partial charge on any atom is -0.496 e. The predicted molar refractivity (Wildman–Crippen MR) is 61.5 cm³/mol. The lowest BCUT2D eigenvalue weighted by atomic mass is 9.89. The number of methoxy groups -OCH3 is 1. The number of halogens is 3. The van der Waals surface area contributed by atoms with Crippen LogP contribution in [0.5, 0.6) is 5.75 Å². The highest BCUT2D eigenvalue weighted by Gasteiger charge is 2.55. The molecule has 0 heterocycles. The van der Waals surface area contributed by atoms with E-state index in [2.05, 4.69) is 0 Å². The molecule has 102 valence electrons. The summed E-state index contributed by atoms with van der Waals surface area (Å²) in [7, 11) is 1.26. The third kappa shape index (κ3) is 2.18. The quantitative estimate of drug-likeness (QED) is 0.877. The van der Waals surface area contributed by atoms with Crippen LogP contribution in [0, 0.1) is 13.8 Å². The van der Waals surface area contributed by atoms with Crippen LogP contribution in [0.25, 0.3) is 0 Å². The van der Waals surface area contributed by atoms with Crippen molar-refractivity contribution < 1.29 is 23.0 Å². The molecule has 0 aliphatic carbocycles. The van der Waals surface area contributed by atoms with Crippen LogP contribution in [0.15, 0.2) is 12.1 Å². The first-order chi connectivity index (χ1) is 8.19. The zero-order valence-corrected chi connectivity index (χ0v) is 10.4. The van der Waals surface area contributed by atoms with Crippen LogP contribution in [-0.2, 0) is 5.60 Å². The molecule has 0 aromatic heterocycles. The molecule has 1 aromatic rings. The van der Waals surface area contributed by atoms with Crippen molar-refractivity contribution >= 4 is 0 Å². The number of hydrogen-bond acceptors (Lipinski definition) is 3. The Hall–Kier alpha value is -1.27. The van der Waals surface area contributed by atoms with Gasteiger partial charge in [0.15, 0.2) is 0 Å². The van der Waals surface area contributed by atoms with Crippen LogP contribution < -0.4 is 10.5 Å². The van der Waals surface area contributed by atoms with Crippen LogP contribution in [0.2, 0.25) is 0 Å². The van der Waals surface area contributed by atoms with E-state index in [-0.39, 0.29) is 11.3 Å². The summed E-state index contributed by atoms with van der Waals surface area (Å²) in [5.41, 5.74) is 2.98. The van der Waals surface area contributed by atoms with Crippen LogP contribution in [0.4, 0.5) is 13.2 Å². The van der Waals surface area contributed by atoms with Gasteiger partial charge in [-0.3, -0.25) is 0 Å². The number of rotatable bonds is 3. The molecular formula is C12H16F3NO2. The number of hydrogen-bond donors (Lipinski definition) is 2. The van der Waals surface area contributed by atoms with E-state index in [9.17, 15) is 18.3 Å². The minimum atomic E-state index is -4.86. The lowest BCUT2D eigenvalue weighted by Gasteiger charge is -2.31. The average molecular weight is 263 g/mol. The highest BCUT2D eigenvalue weighted by atomic mass is 19.4. The second kappa shape index (κ2) is 4.78. The Morgan fingerprint density at radius 3 is 2.22 bits per heavy atom. The lowest BCUT2D eigenvalue weighted by Crippen LogP contribution is -2.48. The lowest BCUT2D eigenvalue weighted by molar-refractivity contribution is -0.262. The van der Waals surface area contributed by atoms with Gasteiger partial charge in [-0.15, -0.1) is 0 Å². The Kier molecular flexibility index (Phi) is 3.92. The van der Waals surface area contributed by atoms with Gasteiger partial charge < -0.3 is 15.6 Å². The predicted octanol–water partition coefficient (Wildman–Crippen LogP) is 2.02. The smallest absolute Gasteiger partial charge is 0.422 e. The summed E-state index contributed by atoms with van der Waals surface area (Å²) in [4.78, 5) is 0.